The van der Waals surface area contributed by atoms with Crippen LogP contribution in [0.25, 0.3) is 6.08 Å². The van der Waals surface area contributed by atoms with Crippen LogP contribution < -0.4 is 10.2 Å². The first kappa shape index (κ1) is 18.5. The van der Waals surface area contributed by atoms with E-state index in [-0.39, 0.29) is 17.6 Å². The second-order valence-electron chi connectivity index (χ2n) is 7.01. The van der Waals surface area contributed by atoms with E-state index in [4.69, 9.17) is 4.74 Å². The SMILES string of the molecule is N#C/C(=C\c1ccc(N2CCCCCC2)cc1)C(=O)NC[C@H]1CCCO1. The van der Waals surface area contributed by atoms with Crippen LogP contribution in [0.1, 0.15) is 44.1 Å². The number of amides is 1. The van der Waals surface area contributed by atoms with Gasteiger partial charge in [-0.3, -0.25) is 4.79 Å². The molecule has 1 amide bonds. The maximum atomic E-state index is 12.2. The van der Waals surface area contributed by atoms with E-state index >= 15 is 0 Å². The molecular weight excluding hydrogens is 326 g/mol. The van der Waals surface area contributed by atoms with Gasteiger partial charge >= 0.3 is 0 Å². The van der Waals surface area contributed by atoms with Crippen LogP contribution in [-0.4, -0.2) is 38.3 Å². The topological polar surface area (TPSA) is 65.4 Å². The predicted octanol–water partition coefficient (Wildman–Crippen LogP) is 3.27. The van der Waals surface area contributed by atoms with Gasteiger partial charge in [0.2, 0.25) is 0 Å². The third-order valence-electron chi connectivity index (χ3n) is 5.05. The minimum Gasteiger partial charge on any atom is -0.376 e. The molecule has 5 heteroatoms. The van der Waals surface area contributed by atoms with Crippen molar-refractivity contribution >= 4 is 17.7 Å². The fourth-order valence-electron chi connectivity index (χ4n) is 3.53. The van der Waals surface area contributed by atoms with Gasteiger partial charge in [-0.15, -0.1) is 0 Å². The summed E-state index contributed by atoms with van der Waals surface area (Å²) in [6.45, 7) is 3.42. The maximum absolute atomic E-state index is 12.2. The highest BCUT2D eigenvalue weighted by Gasteiger charge is 2.17. The number of hydrogen-bond acceptors (Lipinski definition) is 4. The number of anilines is 1. The Morgan fingerprint density at radius 3 is 2.54 bits per heavy atom. The van der Waals surface area contributed by atoms with Gasteiger partial charge < -0.3 is 15.0 Å². The Hall–Kier alpha value is -2.32. The lowest BCUT2D eigenvalue weighted by molar-refractivity contribution is -0.117. The van der Waals surface area contributed by atoms with Gasteiger partial charge in [-0.25, -0.2) is 0 Å². The van der Waals surface area contributed by atoms with Gasteiger partial charge in [0.05, 0.1) is 6.10 Å². The molecule has 1 atom stereocenters. The first-order valence-electron chi connectivity index (χ1n) is 9.63. The lowest BCUT2D eigenvalue weighted by Crippen LogP contribution is -2.32. The molecule has 0 bridgehead atoms. The second kappa shape index (κ2) is 9.40. The molecular formula is C21H27N3O2. The largest absolute Gasteiger partial charge is 0.376 e. The Morgan fingerprint density at radius 2 is 1.92 bits per heavy atom. The molecule has 138 valence electrons. The molecule has 3 rings (SSSR count). The van der Waals surface area contributed by atoms with Crippen molar-refractivity contribution in [2.24, 2.45) is 0 Å². The van der Waals surface area contributed by atoms with Crippen molar-refractivity contribution in [3.8, 4) is 6.07 Å². The van der Waals surface area contributed by atoms with Gasteiger partial charge in [0.15, 0.2) is 0 Å². The monoisotopic (exact) mass is 353 g/mol. The number of benzene rings is 1. The summed E-state index contributed by atoms with van der Waals surface area (Å²) in [7, 11) is 0. The van der Waals surface area contributed by atoms with E-state index in [0.717, 1.165) is 38.1 Å². The third-order valence-corrected chi connectivity index (χ3v) is 5.05. The number of nitrogens with zero attached hydrogens (tertiary/aromatic N) is 2. The quantitative estimate of drug-likeness (QED) is 0.652. The van der Waals surface area contributed by atoms with Crippen LogP contribution in [-0.2, 0) is 9.53 Å². The summed E-state index contributed by atoms with van der Waals surface area (Å²) in [5, 5.41) is 12.1. The molecule has 1 N–H and O–H groups in total. The Balaban J connectivity index is 1.60. The Morgan fingerprint density at radius 1 is 1.19 bits per heavy atom. The molecule has 0 unspecified atom stereocenters. The van der Waals surface area contributed by atoms with Crippen LogP contribution in [0, 0.1) is 11.3 Å². The highest BCUT2D eigenvalue weighted by Crippen LogP contribution is 2.21. The molecule has 0 radical (unpaired) electrons. The van der Waals surface area contributed by atoms with Crippen LogP contribution in [0.15, 0.2) is 29.8 Å². The summed E-state index contributed by atoms with van der Waals surface area (Å²) in [5.74, 6) is -0.334. The van der Waals surface area contributed by atoms with E-state index < -0.39 is 0 Å². The van der Waals surface area contributed by atoms with E-state index in [0.29, 0.717) is 6.54 Å². The molecule has 2 saturated heterocycles. The van der Waals surface area contributed by atoms with Gasteiger partial charge in [0.25, 0.3) is 5.91 Å². The van der Waals surface area contributed by atoms with Gasteiger partial charge in [-0.1, -0.05) is 25.0 Å². The predicted molar refractivity (Wildman–Crippen MR) is 103 cm³/mol. The van der Waals surface area contributed by atoms with Crippen LogP contribution in [0.5, 0.6) is 0 Å². The van der Waals surface area contributed by atoms with Crippen molar-refractivity contribution < 1.29 is 9.53 Å². The summed E-state index contributed by atoms with van der Waals surface area (Å²) in [6.07, 6.45) is 8.82. The number of hydrogen-bond donors (Lipinski definition) is 1. The lowest BCUT2D eigenvalue weighted by Gasteiger charge is -2.22. The van der Waals surface area contributed by atoms with Crippen LogP contribution in [0.3, 0.4) is 0 Å². The number of nitriles is 1. The van der Waals surface area contributed by atoms with Crippen molar-refractivity contribution in [1.82, 2.24) is 5.32 Å². The Kier molecular flexibility index (Phi) is 6.68. The molecule has 1 aromatic carbocycles. The zero-order chi connectivity index (χ0) is 18.2. The summed E-state index contributed by atoms with van der Waals surface area (Å²) in [5.41, 5.74) is 2.21. The molecule has 5 nitrogen and oxygen atoms in total. The third kappa shape index (κ3) is 5.09. The van der Waals surface area contributed by atoms with Crippen molar-refractivity contribution in [1.29, 1.82) is 5.26 Å². The summed E-state index contributed by atoms with van der Waals surface area (Å²) in [4.78, 5) is 14.6. The molecule has 2 aliphatic heterocycles. The minimum absolute atomic E-state index is 0.0757. The number of carbonyl (C=O) groups excluding carboxylic acids is 1. The molecule has 2 fully saturated rings. The Bertz CT molecular complexity index is 661. The van der Waals surface area contributed by atoms with E-state index in [1.807, 2.05) is 18.2 Å². The van der Waals surface area contributed by atoms with E-state index in [1.54, 1.807) is 6.08 Å². The normalized spacial score (nSPS) is 21.1. The van der Waals surface area contributed by atoms with E-state index in [2.05, 4.69) is 22.3 Å². The Labute approximate surface area is 155 Å². The standard InChI is InChI=1S/C21H27N3O2/c22-15-18(21(25)23-16-20-6-5-13-26-20)14-17-7-9-19(10-8-17)24-11-3-1-2-4-12-24/h7-10,14,20H,1-6,11-13,16H2,(H,23,25)/b18-14+/t20-/m1/s1. The molecule has 0 aliphatic carbocycles. The molecule has 1 aromatic rings. The van der Waals surface area contributed by atoms with Gasteiger partial charge in [0, 0.05) is 31.9 Å². The van der Waals surface area contributed by atoms with Gasteiger partial charge in [-0.2, -0.15) is 5.26 Å². The average Bonchev–Trinajstić information content (AvgIpc) is 3.05. The molecule has 26 heavy (non-hydrogen) atoms. The molecule has 0 saturated carbocycles. The van der Waals surface area contributed by atoms with Crippen LogP contribution >= 0.6 is 0 Å². The maximum Gasteiger partial charge on any atom is 0.262 e. The zero-order valence-electron chi connectivity index (χ0n) is 15.2. The fraction of sp³-hybridized carbons (Fsp3) is 0.524. The van der Waals surface area contributed by atoms with Crippen molar-refractivity contribution in [2.75, 3.05) is 31.1 Å². The van der Waals surface area contributed by atoms with Gasteiger partial charge in [-0.05, 0) is 49.5 Å². The van der Waals surface area contributed by atoms with Crippen molar-refractivity contribution in [3.63, 3.8) is 0 Å². The van der Waals surface area contributed by atoms with Crippen LogP contribution in [0.2, 0.25) is 0 Å². The van der Waals surface area contributed by atoms with Crippen molar-refractivity contribution in [3.05, 3.63) is 35.4 Å². The van der Waals surface area contributed by atoms with E-state index in [9.17, 15) is 10.1 Å². The summed E-state index contributed by atoms with van der Waals surface area (Å²) in [6, 6.07) is 10.1. The fourth-order valence-corrected chi connectivity index (χ4v) is 3.53. The van der Waals surface area contributed by atoms with Crippen LogP contribution in [0.4, 0.5) is 5.69 Å². The molecule has 2 heterocycles. The molecule has 0 spiro atoms. The first-order valence-corrected chi connectivity index (χ1v) is 9.63. The van der Waals surface area contributed by atoms with Crippen molar-refractivity contribution in [2.45, 2.75) is 44.6 Å². The highest BCUT2D eigenvalue weighted by atomic mass is 16.5. The highest BCUT2D eigenvalue weighted by molar-refractivity contribution is 6.01. The smallest absolute Gasteiger partial charge is 0.262 e. The lowest BCUT2D eigenvalue weighted by atomic mass is 10.1. The minimum atomic E-state index is -0.334. The number of nitrogens with one attached hydrogen (secondary N) is 1. The van der Waals surface area contributed by atoms with E-state index in [1.165, 1.54) is 31.4 Å². The molecule has 2 aliphatic rings. The number of carbonyl (C=O) groups is 1. The summed E-state index contributed by atoms with van der Waals surface area (Å²) < 4.78 is 5.49. The number of rotatable bonds is 5. The first-order chi connectivity index (χ1) is 12.8. The second-order valence-corrected chi connectivity index (χ2v) is 7.01. The zero-order valence-corrected chi connectivity index (χ0v) is 15.2. The molecule has 0 aromatic heterocycles. The summed E-state index contributed by atoms with van der Waals surface area (Å²) >= 11 is 0. The number of ether oxygens (including phenoxy) is 1. The average molecular weight is 353 g/mol. The van der Waals surface area contributed by atoms with Gasteiger partial charge in [0.1, 0.15) is 11.6 Å².